The van der Waals surface area contributed by atoms with Crippen LogP contribution >= 0.6 is 0 Å². The third-order valence-electron chi connectivity index (χ3n) is 2.21. The van der Waals surface area contributed by atoms with Gasteiger partial charge >= 0.3 is 12.2 Å². The van der Waals surface area contributed by atoms with Crippen LogP contribution in [-0.4, -0.2) is 50.0 Å². The smallest absolute Gasteiger partial charge is 0.378 e. The average Bonchev–Trinajstić information content (AvgIpc) is 2.24. The molecule has 16 heavy (non-hydrogen) atoms. The van der Waals surface area contributed by atoms with Crippen LogP contribution in [0.4, 0.5) is 18.0 Å². The minimum Gasteiger partial charge on any atom is -0.378 e. The molecule has 0 spiro atoms. The lowest BCUT2D eigenvalue weighted by molar-refractivity contribution is -0.135. The molecule has 0 atom stereocenters. The molecule has 1 heterocycles. The second-order valence-electron chi connectivity index (χ2n) is 3.55. The van der Waals surface area contributed by atoms with E-state index in [0.29, 0.717) is 26.3 Å². The van der Waals surface area contributed by atoms with E-state index in [9.17, 15) is 18.0 Å². The molecule has 0 aromatic carbocycles. The van der Waals surface area contributed by atoms with Crippen LogP contribution in [0.1, 0.15) is 12.8 Å². The van der Waals surface area contributed by atoms with E-state index in [1.807, 2.05) is 0 Å². The maximum atomic E-state index is 11.8. The summed E-state index contributed by atoms with van der Waals surface area (Å²) in [5.41, 5.74) is 0. The normalized spacial score (nSPS) is 17.3. The van der Waals surface area contributed by atoms with E-state index in [4.69, 9.17) is 4.74 Å². The van der Waals surface area contributed by atoms with Crippen molar-refractivity contribution in [3.8, 4) is 0 Å². The number of morpholine rings is 1. The van der Waals surface area contributed by atoms with Gasteiger partial charge in [-0.3, -0.25) is 0 Å². The number of halogens is 3. The maximum absolute atomic E-state index is 11.8. The summed E-state index contributed by atoms with van der Waals surface area (Å²) in [6.45, 7) is 2.00. The number of nitrogens with one attached hydrogen (secondary N) is 1. The number of rotatable bonds is 3. The van der Waals surface area contributed by atoms with Gasteiger partial charge in [-0.15, -0.1) is 0 Å². The molecule has 1 saturated heterocycles. The lowest BCUT2D eigenvalue weighted by Gasteiger charge is -2.26. The molecule has 2 amide bonds. The summed E-state index contributed by atoms with van der Waals surface area (Å²) >= 11 is 0. The van der Waals surface area contributed by atoms with Crippen molar-refractivity contribution in [3.63, 3.8) is 0 Å². The highest BCUT2D eigenvalue weighted by Gasteiger charge is 2.26. The fourth-order valence-corrected chi connectivity index (χ4v) is 1.36. The first-order chi connectivity index (χ1) is 7.49. The maximum Gasteiger partial charge on any atom is 0.389 e. The van der Waals surface area contributed by atoms with Crippen molar-refractivity contribution < 1.29 is 22.7 Å². The van der Waals surface area contributed by atoms with Gasteiger partial charge in [-0.05, 0) is 6.42 Å². The van der Waals surface area contributed by atoms with Crippen molar-refractivity contribution >= 4 is 6.03 Å². The van der Waals surface area contributed by atoms with Crippen LogP contribution in [0.5, 0.6) is 0 Å². The lowest BCUT2D eigenvalue weighted by atomic mass is 10.3. The Balaban J connectivity index is 2.10. The van der Waals surface area contributed by atoms with E-state index < -0.39 is 12.6 Å². The molecule has 1 aliphatic heterocycles. The second kappa shape index (κ2) is 5.93. The first-order valence-corrected chi connectivity index (χ1v) is 5.16. The Morgan fingerprint density at radius 2 is 1.94 bits per heavy atom. The molecule has 0 aromatic rings. The second-order valence-corrected chi connectivity index (χ2v) is 3.55. The van der Waals surface area contributed by atoms with Gasteiger partial charge in [0.15, 0.2) is 0 Å². The van der Waals surface area contributed by atoms with Crippen molar-refractivity contribution in [2.45, 2.75) is 19.0 Å². The quantitative estimate of drug-likeness (QED) is 0.757. The van der Waals surface area contributed by atoms with Crippen LogP contribution in [0.15, 0.2) is 0 Å². The Morgan fingerprint density at radius 3 is 2.50 bits per heavy atom. The lowest BCUT2D eigenvalue weighted by Crippen LogP contribution is -2.46. The van der Waals surface area contributed by atoms with Crippen molar-refractivity contribution in [2.24, 2.45) is 0 Å². The van der Waals surface area contributed by atoms with Gasteiger partial charge in [0.2, 0.25) is 0 Å². The van der Waals surface area contributed by atoms with Crippen LogP contribution in [0.25, 0.3) is 0 Å². The van der Waals surface area contributed by atoms with Gasteiger partial charge in [-0.2, -0.15) is 13.2 Å². The highest BCUT2D eigenvalue weighted by Crippen LogP contribution is 2.20. The summed E-state index contributed by atoms with van der Waals surface area (Å²) in [5.74, 6) is 0. The molecule has 0 unspecified atom stereocenters. The Labute approximate surface area is 91.7 Å². The third kappa shape index (κ3) is 5.20. The first kappa shape index (κ1) is 13.1. The summed E-state index contributed by atoms with van der Waals surface area (Å²) in [4.78, 5) is 12.9. The molecular formula is C9H15F3N2O2. The van der Waals surface area contributed by atoms with Crippen molar-refractivity contribution in [1.29, 1.82) is 0 Å². The summed E-state index contributed by atoms with van der Waals surface area (Å²) in [6, 6.07) is -0.314. The number of amides is 2. The summed E-state index contributed by atoms with van der Waals surface area (Å²) in [7, 11) is 0. The highest BCUT2D eigenvalue weighted by molar-refractivity contribution is 5.74. The van der Waals surface area contributed by atoms with E-state index >= 15 is 0 Å². The number of hydrogen-bond donors (Lipinski definition) is 1. The average molecular weight is 240 g/mol. The minimum absolute atomic E-state index is 0.0513. The fraction of sp³-hybridized carbons (Fsp3) is 0.889. The van der Waals surface area contributed by atoms with Gasteiger partial charge in [0, 0.05) is 26.1 Å². The monoisotopic (exact) mass is 240 g/mol. The van der Waals surface area contributed by atoms with Crippen LogP contribution in [-0.2, 0) is 4.74 Å². The molecular weight excluding hydrogens is 225 g/mol. The van der Waals surface area contributed by atoms with E-state index in [0.717, 1.165) is 0 Å². The minimum atomic E-state index is -4.15. The first-order valence-electron chi connectivity index (χ1n) is 5.16. The predicted octanol–water partition coefficient (Wildman–Crippen LogP) is 1.37. The third-order valence-corrected chi connectivity index (χ3v) is 2.21. The van der Waals surface area contributed by atoms with Crippen LogP contribution in [0, 0.1) is 0 Å². The number of nitrogens with zero attached hydrogens (tertiary/aromatic N) is 1. The zero-order valence-electron chi connectivity index (χ0n) is 8.85. The zero-order valence-corrected chi connectivity index (χ0v) is 8.85. The van der Waals surface area contributed by atoms with E-state index in [-0.39, 0.29) is 19.0 Å². The molecule has 0 radical (unpaired) electrons. The number of urea groups is 1. The zero-order chi connectivity index (χ0) is 12.0. The Hall–Kier alpha value is -0.980. The van der Waals surface area contributed by atoms with E-state index in [1.165, 1.54) is 4.90 Å². The molecule has 0 bridgehead atoms. The number of hydrogen-bond acceptors (Lipinski definition) is 2. The summed E-state index contributed by atoms with van der Waals surface area (Å²) in [5, 5.41) is 2.46. The number of carbonyl (C=O) groups is 1. The number of alkyl halides is 3. The number of ether oxygens (including phenoxy) is 1. The standard InChI is InChI=1S/C9H15F3N2O2/c10-9(11,12)2-1-3-13-8(15)14-4-6-16-7-5-14/h1-7H2,(H,13,15). The molecule has 1 aliphatic rings. The molecule has 7 heteroatoms. The van der Waals surface area contributed by atoms with Crippen molar-refractivity contribution in [1.82, 2.24) is 10.2 Å². The van der Waals surface area contributed by atoms with Gasteiger partial charge in [-0.1, -0.05) is 0 Å². The summed E-state index contributed by atoms with van der Waals surface area (Å²) in [6.07, 6.45) is -5.10. The van der Waals surface area contributed by atoms with Gasteiger partial charge < -0.3 is 15.0 Å². The molecule has 1 rings (SSSR count). The Kier molecular flexibility index (Phi) is 4.85. The number of carbonyl (C=O) groups excluding carboxylic acids is 1. The molecule has 4 nitrogen and oxygen atoms in total. The van der Waals surface area contributed by atoms with Gasteiger partial charge in [0.1, 0.15) is 0 Å². The summed E-state index contributed by atoms with van der Waals surface area (Å²) < 4.78 is 40.4. The van der Waals surface area contributed by atoms with Crippen LogP contribution < -0.4 is 5.32 Å². The largest absolute Gasteiger partial charge is 0.389 e. The van der Waals surface area contributed by atoms with Crippen LogP contribution in [0.2, 0.25) is 0 Å². The molecule has 1 fully saturated rings. The van der Waals surface area contributed by atoms with Crippen LogP contribution in [0.3, 0.4) is 0 Å². The molecule has 94 valence electrons. The van der Waals surface area contributed by atoms with Crippen molar-refractivity contribution in [2.75, 3.05) is 32.8 Å². The Morgan fingerprint density at radius 1 is 1.31 bits per heavy atom. The van der Waals surface area contributed by atoms with E-state index in [2.05, 4.69) is 5.32 Å². The van der Waals surface area contributed by atoms with Gasteiger partial charge in [0.05, 0.1) is 13.2 Å². The fourth-order valence-electron chi connectivity index (χ4n) is 1.36. The molecule has 1 N–H and O–H groups in total. The Bertz CT molecular complexity index is 227. The van der Waals surface area contributed by atoms with Gasteiger partial charge in [-0.25, -0.2) is 4.79 Å². The highest BCUT2D eigenvalue weighted by atomic mass is 19.4. The van der Waals surface area contributed by atoms with Crippen molar-refractivity contribution in [3.05, 3.63) is 0 Å². The van der Waals surface area contributed by atoms with Gasteiger partial charge in [0.25, 0.3) is 0 Å². The SMILES string of the molecule is O=C(NCCCC(F)(F)F)N1CCOCC1. The van der Waals surface area contributed by atoms with E-state index in [1.54, 1.807) is 0 Å². The predicted molar refractivity (Wildman–Crippen MR) is 51.1 cm³/mol. The molecule has 0 aromatic heterocycles. The molecule has 0 aliphatic carbocycles. The molecule has 0 saturated carbocycles. The topological polar surface area (TPSA) is 41.6 Å².